The van der Waals surface area contributed by atoms with Gasteiger partial charge in [-0.1, -0.05) is 23.7 Å². The molecule has 1 aromatic carbocycles. The second-order valence-corrected chi connectivity index (χ2v) is 3.34. The van der Waals surface area contributed by atoms with Crippen LogP contribution in [0.5, 0.6) is 0 Å². The molecule has 0 unspecified atom stereocenters. The van der Waals surface area contributed by atoms with Crippen molar-refractivity contribution in [3.8, 4) is 0 Å². The molecule has 0 saturated heterocycles. The van der Waals surface area contributed by atoms with Crippen molar-refractivity contribution in [2.75, 3.05) is 6.61 Å². The molecule has 0 saturated carbocycles. The number of aliphatic hydroxyl groups is 1. The fourth-order valence-corrected chi connectivity index (χ4v) is 1.50. The first kappa shape index (κ1) is 9.37. The second kappa shape index (κ2) is 3.90. The van der Waals surface area contributed by atoms with Crippen LogP contribution >= 0.6 is 11.6 Å². The van der Waals surface area contributed by atoms with Crippen LogP contribution < -0.4 is 0 Å². The molecule has 1 N–H and O–H groups in total. The van der Waals surface area contributed by atoms with Gasteiger partial charge in [-0.15, -0.1) is 0 Å². The summed E-state index contributed by atoms with van der Waals surface area (Å²) in [6.45, 7) is 0.0515. The lowest BCUT2D eigenvalue weighted by Gasteiger charge is -2.01. The average molecular weight is 209 g/mol. The molecule has 1 aromatic heterocycles. The van der Waals surface area contributed by atoms with Gasteiger partial charge in [0.25, 0.3) is 0 Å². The lowest BCUT2D eigenvalue weighted by Crippen LogP contribution is -1.98. The van der Waals surface area contributed by atoms with E-state index in [2.05, 4.69) is 9.97 Å². The van der Waals surface area contributed by atoms with E-state index in [0.717, 1.165) is 10.9 Å². The molecule has 14 heavy (non-hydrogen) atoms. The fourth-order valence-electron chi connectivity index (χ4n) is 1.28. The molecule has 0 amide bonds. The van der Waals surface area contributed by atoms with Crippen LogP contribution in [0.3, 0.4) is 0 Å². The van der Waals surface area contributed by atoms with Crippen molar-refractivity contribution in [3.05, 3.63) is 35.2 Å². The maximum Gasteiger partial charge on any atom is 0.131 e. The van der Waals surface area contributed by atoms with Gasteiger partial charge in [-0.05, 0) is 6.07 Å². The number of fused-ring (bicyclic) bond motifs is 1. The fraction of sp³-hybridized carbons (Fsp3) is 0.200. The molecular formula is C10H9ClN2O. The molecule has 3 nitrogen and oxygen atoms in total. The summed E-state index contributed by atoms with van der Waals surface area (Å²) >= 11 is 5.98. The third-order valence-corrected chi connectivity index (χ3v) is 2.25. The van der Waals surface area contributed by atoms with Crippen molar-refractivity contribution in [2.24, 2.45) is 0 Å². The molecule has 0 radical (unpaired) electrons. The highest BCUT2D eigenvalue weighted by molar-refractivity contribution is 6.34. The van der Waals surface area contributed by atoms with Crippen LogP contribution in [0.25, 0.3) is 10.9 Å². The molecule has 0 spiro atoms. The van der Waals surface area contributed by atoms with Crippen molar-refractivity contribution in [1.82, 2.24) is 9.97 Å². The smallest absolute Gasteiger partial charge is 0.131 e. The molecule has 1 heterocycles. The van der Waals surface area contributed by atoms with Gasteiger partial charge >= 0.3 is 0 Å². The maximum absolute atomic E-state index is 8.75. The molecule has 2 rings (SSSR count). The van der Waals surface area contributed by atoms with E-state index in [1.54, 1.807) is 12.3 Å². The lowest BCUT2D eigenvalue weighted by atomic mass is 10.2. The van der Waals surface area contributed by atoms with Gasteiger partial charge in [0.2, 0.25) is 0 Å². The first-order valence-electron chi connectivity index (χ1n) is 4.32. The lowest BCUT2D eigenvalue weighted by molar-refractivity contribution is 0.297. The van der Waals surface area contributed by atoms with Crippen LogP contribution in [0.2, 0.25) is 5.02 Å². The molecule has 0 fully saturated rings. The predicted molar refractivity (Wildman–Crippen MR) is 55.3 cm³/mol. The molecule has 0 aliphatic carbocycles. The number of para-hydroxylation sites is 1. The highest BCUT2D eigenvalue weighted by Crippen LogP contribution is 2.20. The third kappa shape index (κ3) is 1.69. The zero-order valence-electron chi connectivity index (χ0n) is 7.44. The van der Waals surface area contributed by atoms with Crippen LogP contribution in [0, 0.1) is 0 Å². The minimum atomic E-state index is 0.0515. The van der Waals surface area contributed by atoms with Crippen molar-refractivity contribution in [2.45, 2.75) is 6.42 Å². The van der Waals surface area contributed by atoms with Crippen molar-refractivity contribution >= 4 is 22.5 Å². The molecule has 4 heteroatoms. The second-order valence-electron chi connectivity index (χ2n) is 2.94. The van der Waals surface area contributed by atoms with Gasteiger partial charge in [0.05, 0.1) is 17.1 Å². The number of aromatic nitrogens is 2. The number of aliphatic hydroxyl groups excluding tert-OH is 1. The first-order chi connectivity index (χ1) is 6.81. The summed E-state index contributed by atoms with van der Waals surface area (Å²) in [6.07, 6.45) is 2.18. The summed E-state index contributed by atoms with van der Waals surface area (Å²) in [5.41, 5.74) is 0.743. The number of rotatable bonds is 2. The van der Waals surface area contributed by atoms with Gasteiger partial charge in [0.15, 0.2) is 0 Å². The maximum atomic E-state index is 8.75. The summed E-state index contributed by atoms with van der Waals surface area (Å²) in [7, 11) is 0. The van der Waals surface area contributed by atoms with Gasteiger partial charge in [-0.25, -0.2) is 9.97 Å². The Bertz CT molecular complexity index is 459. The van der Waals surface area contributed by atoms with Crippen LogP contribution in [0.4, 0.5) is 0 Å². The number of halogens is 1. The quantitative estimate of drug-likeness (QED) is 0.819. The SMILES string of the molecule is OCCc1ncc2cccc(Cl)c2n1. The van der Waals surface area contributed by atoms with E-state index in [0.29, 0.717) is 17.3 Å². The minimum absolute atomic E-state index is 0.0515. The number of nitrogens with zero attached hydrogens (tertiary/aromatic N) is 2. The molecule has 72 valence electrons. The van der Waals surface area contributed by atoms with Crippen LogP contribution in [0.1, 0.15) is 5.82 Å². The van der Waals surface area contributed by atoms with E-state index < -0.39 is 0 Å². The zero-order valence-corrected chi connectivity index (χ0v) is 8.20. The van der Waals surface area contributed by atoms with Gasteiger partial charge in [-0.3, -0.25) is 0 Å². The van der Waals surface area contributed by atoms with Crippen LogP contribution in [-0.2, 0) is 6.42 Å². The molecule has 0 bridgehead atoms. The summed E-state index contributed by atoms with van der Waals surface area (Å²) in [6, 6.07) is 5.56. The van der Waals surface area contributed by atoms with Gasteiger partial charge in [0, 0.05) is 18.0 Å². The van der Waals surface area contributed by atoms with Gasteiger partial charge in [0.1, 0.15) is 5.82 Å². The Morgan fingerprint density at radius 1 is 1.36 bits per heavy atom. The van der Waals surface area contributed by atoms with E-state index >= 15 is 0 Å². The molecular weight excluding hydrogens is 200 g/mol. The predicted octanol–water partition coefficient (Wildman–Crippen LogP) is 1.82. The van der Waals surface area contributed by atoms with E-state index in [1.807, 2.05) is 12.1 Å². The molecule has 0 aliphatic heterocycles. The standard InChI is InChI=1S/C10H9ClN2O/c11-8-3-1-2-7-6-12-9(4-5-14)13-10(7)8/h1-3,6,14H,4-5H2. The summed E-state index contributed by atoms with van der Waals surface area (Å²) < 4.78 is 0. The number of benzene rings is 1. The minimum Gasteiger partial charge on any atom is -0.396 e. The first-order valence-corrected chi connectivity index (χ1v) is 4.70. The third-order valence-electron chi connectivity index (χ3n) is 1.95. The monoisotopic (exact) mass is 208 g/mol. The summed E-state index contributed by atoms with van der Waals surface area (Å²) in [4.78, 5) is 8.37. The average Bonchev–Trinajstić information content (AvgIpc) is 2.20. The topological polar surface area (TPSA) is 46.0 Å². The molecule has 2 aromatic rings. The largest absolute Gasteiger partial charge is 0.396 e. The summed E-state index contributed by atoms with van der Waals surface area (Å²) in [5, 5.41) is 10.3. The number of hydrogen-bond acceptors (Lipinski definition) is 3. The molecule has 0 aliphatic rings. The Balaban J connectivity index is 2.58. The number of hydrogen-bond donors (Lipinski definition) is 1. The summed E-state index contributed by atoms with van der Waals surface area (Å²) in [5.74, 6) is 0.619. The Hall–Kier alpha value is -1.19. The van der Waals surface area contributed by atoms with Crippen molar-refractivity contribution < 1.29 is 5.11 Å². The van der Waals surface area contributed by atoms with E-state index in [9.17, 15) is 0 Å². The highest BCUT2D eigenvalue weighted by Gasteiger charge is 2.02. The molecule has 0 atom stereocenters. The van der Waals surface area contributed by atoms with E-state index in [-0.39, 0.29) is 6.61 Å². The van der Waals surface area contributed by atoms with Crippen molar-refractivity contribution in [3.63, 3.8) is 0 Å². The van der Waals surface area contributed by atoms with E-state index in [1.165, 1.54) is 0 Å². The van der Waals surface area contributed by atoms with E-state index in [4.69, 9.17) is 16.7 Å². The zero-order chi connectivity index (χ0) is 9.97. The Morgan fingerprint density at radius 3 is 3.00 bits per heavy atom. The normalized spacial score (nSPS) is 10.7. The van der Waals surface area contributed by atoms with Gasteiger partial charge < -0.3 is 5.11 Å². The Labute approximate surface area is 86.4 Å². The highest BCUT2D eigenvalue weighted by atomic mass is 35.5. The van der Waals surface area contributed by atoms with Crippen LogP contribution in [0.15, 0.2) is 24.4 Å². The van der Waals surface area contributed by atoms with Crippen molar-refractivity contribution in [1.29, 1.82) is 0 Å². The van der Waals surface area contributed by atoms with Gasteiger partial charge in [-0.2, -0.15) is 0 Å². The Morgan fingerprint density at radius 2 is 2.21 bits per heavy atom. The van der Waals surface area contributed by atoms with Crippen LogP contribution in [-0.4, -0.2) is 21.7 Å². The Kier molecular flexibility index (Phi) is 2.61.